The number of halogens is 1. The third-order valence-electron chi connectivity index (χ3n) is 6.16. The largest absolute Gasteiger partial charge is 0.272 e. The minimum absolute atomic E-state index is 0.114. The van der Waals surface area contributed by atoms with Crippen LogP contribution in [-0.4, -0.2) is 23.0 Å². The maximum atomic E-state index is 12.8. The van der Waals surface area contributed by atoms with Crippen LogP contribution in [0.2, 0.25) is 0 Å². The van der Waals surface area contributed by atoms with Gasteiger partial charge >= 0.3 is 0 Å². The van der Waals surface area contributed by atoms with Crippen molar-refractivity contribution in [3.8, 4) is 0 Å². The number of amides is 2. The highest BCUT2D eigenvalue weighted by Gasteiger charge is 2.67. The average molecular weight is 385 g/mol. The lowest BCUT2D eigenvalue weighted by Crippen LogP contribution is -2.40. The third kappa shape index (κ3) is 1.88. The molecule has 2 saturated carbocycles. The minimum atomic E-state index is -0.182. The van der Waals surface area contributed by atoms with Crippen LogP contribution in [0.1, 0.15) is 17.5 Å². The Labute approximate surface area is 148 Å². The second kappa shape index (κ2) is 4.88. The Kier molecular flexibility index (Phi) is 2.97. The highest BCUT2D eigenvalue weighted by atomic mass is 79.9. The van der Waals surface area contributed by atoms with E-state index in [1.165, 1.54) is 6.42 Å². The second-order valence-corrected chi connectivity index (χ2v) is 8.25. The van der Waals surface area contributed by atoms with E-state index in [1.54, 1.807) is 6.21 Å². The van der Waals surface area contributed by atoms with Gasteiger partial charge < -0.3 is 0 Å². The monoisotopic (exact) mass is 384 g/mol. The first-order chi connectivity index (χ1) is 11.6. The van der Waals surface area contributed by atoms with Gasteiger partial charge in [-0.15, -0.1) is 0 Å². The molecule has 0 spiro atoms. The molecule has 1 heterocycles. The number of rotatable bonds is 2. The SMILES string of the molecule is Cc1ccc(C=NN2C(=O)[C@@H]3[C@H]4C=C[C@@H]([C@@H]5C[C@@H]45)[C@@H]3C2=O)cc1Br. The van der Waals surface area contributed by atoms with Crippen LogP contribution in [0.3, 0.4) is 0 Å². The number of carbonyl (C=O) groups excluding carboxylic acids is 2. The molecule has 3 fully saturated rings. The fourth-order valence-corrected chi connectivity index (χ4v) is 5.27. The van der Waals surface area contributed by atoms with Gasteiger partial charge in [0.25, 0.3) is 11.8 Å². The van der Waals surface area contributed by atoms with Gasteiger partial charge in [0, 0.05) is 4.47 Å². The van der Waals surface area contributed by atoms with Crippen molar-refractivity contribution >= 4 is 34.0 Å². The number of hydrazone groups is 1. The van der Waals surface area contributed by atoms with E-state index in [0.29, 0.717) is 11.8 Å². The third-order valence-corrected chi connectivity index (χ3v) is 7.01. The molecule has 5 aliphatic rings. The highest BCUT2D eigenvalue weighted by molar-refractivity contribution is 9.10. The minimum Gasteiger partial charge on any atom is -0.272 e. The first-order valence-corrected chi connectivity index (χ1v) is 9.22. The van der Waals surface area contributed by atoms with Crippen LogP contribution < -0.4 is 0 Å². The van der Waals surface area contributed by atoms with Crippen LogP contribution in [0.25, 0.3) is 0 Å². The highest BCUT2D eigenvalue weighted by Crippen LogP contribution is 2.65. The molecule has 24 heavy (non-hydrogen) atoms. The fourth-order valence-electron chi connectivity index (χ4n) is 4.87. The Morgan fingerprint density at radius 3 is 2.33 bits per heavy atom. The first kappa shape index (κ1) is 14.6. The van der Waals surface area contributed by atoms with Gasteiger partial charge in [-0.3, -0.25) is 9.59 Å². The van der Waals surface area contributed by atoms with Crippen LogP contribution in [0.5, 0.6) is 0 Å². The molecule has 2 bridgehead atoms. The Balaban J connectivity index is 1.44. The number of carbonyl (C=O) groups is 2. The van der Waals surface area contributed by atoms with Gasteiger partial charge in [-0.05, 0) is 54.2 Å². The van der Waals surface area contributed by atoms with E-state index < -0.39 is 0 Å². The maximum Gasteiger partial charge on any atom is 0.254 e. The van der Waals surface area contributed by atoms with E-state index in [4.69, 9.17) is 0 Å². The molecular formula is C19H17BrN2O2. The van der Waals surface area contributed by atoms with E-state index in [9.17, 15) is 9.59 Å². The van der Waals surface area contributed by atoms with Gasteiger partial charge in [-0.2, -0.15) is 10.1 Å². The number of imide groups is 1. The van der Waals surface area contributed by atoms with Crippen molar-refractivity contribution in [2.24, 2.45) is 40.6 Å². The molecule has 0 unspecified atom stereocenters. The van der Waals surface area contributed by atoms with E-state index in [-0.39, 0.29) is 35.5 Å². The van der Waals surface area contributed by atoms with Crippen molar-refractivity contribution in [1.82, 2.24) is 5.01 Å². The van der Waals surface area contributed by atoms with Crippen molar-refractivity contribution < 1.29 is 9.59 Å². The summed E-state index contributed by atoms with van der Waals surface area (Å²) in [6.07, 6.45) is 7.13. The Morgan fingerprint density at radius 2 is 1.75 bits per heavy atom. The quantitative estimate of drug-likeness (QED) is 0.446. The predicted octanol–water partition coefficient (Wildman–Crippen LogP) is 3.14. The molecule has 1 aromatic rings. The number of hydrogen-bond donors (Lipinski definition) is 0. The van der Waals surface area contributed by atoms with Crippen molar-refractivity contribution in [1.29, 1.82) is 0 Å². The smallest absolute Gasteiger partial charge is 0.254 e. The van der Waals surface area contributed by atoms with E-state index in [0.717, 1.165) is 20.6 Å². The summed E-state index contributed by atoms with van der Waals surface area (Å²) in [5.41, 5.74) is 2.00. The number of hydrogen-bond acceptors (Lipinski definition) is 3. The number of aryl methyl sites for hydroxylation is 1. The molecule has 1 aliphatic heterocycles. The van der Waals surface area contributed by atoms with Crippen molar-refractivity contribution in [3.63, 3.8) is 0 Å². The number of nitrogens with zero attached hydrogens (tertiary/aromatic N) is 2. The molecule has 6 rings (SSSR count). The molecule has 0 radical (unpaired) electrons. The maximum absolute atomic E-state index is 12.8. The number of allylic oxidation sites excluding steroid dienone is 2. The van der Waals surface area contributed by atoms with Gasteiger partial charge in [0.15, 0.2) is 0 Å². The second-order valence-electron chi connectivity index (χ2n) is 7.40. The summed E-state index contributed by atoms with van der Waals surface area (Å²) in [5.74, 6) is 1.14. The van der Waals surface area contributed by atoms with Crippen LogP contribution in [-0.2, 0) is 9.59 Å². The summed E-state index contributed by atoms with van der Waals surface area (Å²) in [6.45, 7) is 2.01. The zero-order valence-electron chi connectivity index (χ0n) is 13.2. The molecule has 0 N–H and O–H groups in total. The lowest BCUT2D eigenvalue weighted by Gasteiger charge is -2.37. The van der Waals surface area contributed by atoms with Crippen LogP contribution in [0.15, 0.2) is 39.9 Å². The molecule has 0 aromatic heterocycles. The van der Waals surface area contributed by atoms with Crippen molar-refractivity contribution in [3.05, 3.63) is 46.0 Å². The Morgan fingerprint density at radius 1 is 1.12 bits per heavy atom. The topological polar surface area (TPSA) is 49.7 Å². The van der Waals surface area contributed by atoms with Gasteiger partial charge in [0.1, 0.15) is 0 Å². The van der Waals surface area contributed by atoms with Gasteiger partial charge in [0.2, 0.25) is 0 Å². The first-order valence-electron chi connectivity index (χ1n) is 8.42. The van der Waals surface area contributed by atoms with Crippen molar-refractivity contribution in [2.75, 3.05) is 0 Å². The van der Waals surface area contributed by atoms with Gasteiger partial charge in [0.05, 0.1) is 18.1 Å². The summed E-state index contributed by atoms with van der Waals surface area (Å²) in [6, 6.07) is 5.86. The van der Waals surface area contributed by atoms with Crippen LogP contribution in [0, 0.1) is 42.4 Å². The lowest BCUT2D eigenvalue weighted by molar-refractivity contribution is -0.140. The summed E-state index contributed by atoms with van der Waals surface area (Å²) in [7, 11) is 0. The predicted molar refractivity (Wildman–Crippen MR) is 93.0 cm³/mol. The molecule has 5 heteroatoms. The van der Waals surface area contributed by atoms with Gasteiger partial charge in [-0.1, -0.05) is 40.2 Å². The fraction of sp³-hybridized carbons (Fsp3) is 0.421. The van der Waals surface area contributed by atoms with Crippen LogP contribution >= 0.6 is 15.9 Å². The molecule has 4 aliphatic carbocycles. The number of benzene rings is 1. The molecular weight excluding hydrogens is 368 g/mol. The van der Waals surface area contributed by atoms with Crippen molar-refractivity contribution in [2.45, 2.75) is 13.3 Å². The van der Waals surface area contributed by atoms with Crippen LogP contribution in [0.4, 0.5) is 0 Å². The average Bonchev–Trinajstić information content (AvgIpc) is 3.35. The zero-order chi connectivity index (χ0) is 16.6. The molecule has 122 valence electrons. The van der Waals surface area contributed by atoms with E-state index in [2.05, 4.69) is 33.2 Å². The van der Waals surface area contributed by atoms with E-state index >= 15 is 0 Å². The standard InChI is InChI=1S/C19H17BrN2O2/c1-9-2-3-10(6-15(9)20)8-21-22-18(23)16-11-4-5-12(14-7-13(11)14)17(16)19(22)24/h2-6,8,11-14,16-17H,7H2,1H3/t11-,12-,13-,14-,16-,17+/m0/s1. The molecule has 2 amide bonds. The summed E-state index contributed by atoms with van der Waals surface area (Å²) in [4.78, 5) is 25.6. The molecule has 1 aromatic carbocycles. The zero-order valence-corrected chi connectivity index (χ0v) is 14.8. The molecule has 1 saturated heterocycles. The summed E-state index contributed by atoms with van der Waals surface area (Å²) < 4.78 is 0.988. The normalized spacial score (nSPS) is 38.8. The van der Waals surface area contributed by atoms with Gasteiger partial charge in [-0.25, -0.2) is 0 Å². The molecule has 4 nitrogen and oxygen atoms in total. The summed E-state index contributed by atoms with van der Waals surface area (Å²) >= 11 is 3.49. The Bertz CT molecular complexity index is 795. The van der Waals surface area contributed by atoms with E-state index in [1.807, 2.05) is 25.1 Å². The summed E-state index contributed by atoms with van der Waals surface area (Å²) in [5, 5.41) is 5.37. The Hall–Kier alpha value is -1.75. The lowest BCUT2D eigenvalue weighted by atomic mass is 9.63. The molecule has 6 atom stereocenters.